The predicted molar refractivity (Wildman–Crippen MR) is 93.6 cm³/mol. The van der Waals surface area contributed by atoms with Crippen LogP contribution in [0.1, 0.15) is 29.5 Å². The quantitative estimate of drug-likeness (QED) is 0.749. The van der Waals surface area contributed by atoms with Gasteiger partial charge < -0.3 is 15.2 Å². The fraction of sp³-hybridized carbons (Fsp3) is 0.235. The molecule has 4 rings (SSSR count). The average molecular weight is 357 g/mol. The van der Waals surface area contributed by atoms with Gasteiger partial charge in [0.05, 0.1) is 17.1 Å². The molecule has 0 atom stereocenters. The summed E-state index contributed by atoms with van der Waals surface area (Å²) >= 11 is 1.39. The van der Waals surface area contributed by atoms with Gasteiger partial charge in [0.15, 0.2) is 17.3 Å². The fourth-order valence-corrected chi connectivity index (χ4v) is 3.89. The smallest absolute Gasteiger partial charge is 0.354 e. The Labute approximate surface area is 146 Å². The van der Waals surface area contributed by atoms with Crippen molar-refractivity contribution in [1.29, 1.82) is 0 Å². The van der Waals surface area contributed by atoms with E-state index in [2.05, 4.69) is 10.3 Å². The molecule has 3 heterocycles. The van der Waals surface area contributed by atoms with Crippen LogP contribution in [0.25, 0.3) is 16.2 Å². The molecule has 2 N–H and O–H groups in total. The summed E-state index contributed by atoms with van der Waals surface area (Å²) in [6.45, 7) is 1.99. The number of nitrogens with zero attached hydrogens (tertiary/aromatic N) is 2. The normalized spacial score (nSPS) is 13.4. The molecule has 8 heteroatoms. The summed E-state index contributed by atoms with van der Waals surface area (Å²) in [5.41, 5.74) is 2.90. The molecule has 2 aromatic heterocycles. The number of ether oxygens (including phenoxy) is 1. The molecule has 0 aliphatic carbocycles. The number of nitrogens with one attached hydrogen (secondary N) is 1. The van der Waals surface area contributed by atoms with Gasteiger partial charge in [-0.15, -0.1) is 11.3 Å². The van der Waals surface area contributed by atoms with E-state index in [9.17, 15) is 14.7 Å². The number of rotatable bonds is 4. The third-order valence-electron chi connectivity index (χ3n) is 4.03. The van der Waals surface area contributed by atoms with Crippen LogP contribution in [0.5, 0.6) is 5.75 Å². The topological polar surface area (TPSA) is 92.9 Å². The van der Waals surface area contributed by atoms with E-state index in [4.69, 9.17) is 4.74 Å². The minimum absolute atomic E-state index is 0.000103. The summed E-state index contributed by atoms with van der Waals surface area (Å²) in [5, 5.41) is 14.3. The number of carboxylic acid groups (broad SMARTS) is 1. The Bertz CT molecular complexity index is 1000. The largest absolute Gasteiger partial charge is 0.482 e. The van der Waals surface area contributed by atoms with Crippen molar-refractivity contribution in [2.45, 2.75) is 19.8 Å². The van der Waals surface area contributed by atoms with Crippen LogP contribution >= 0.6 is 11.3 Å². The number of aromatic nitrogens is 2. The zero-order chi connectivity index (χ0) is 17.6. The van der Waals surface area contributed by atoms with Gasteiger partial charge in [0.25, 0.3) is 5.91 Å². The van der Waals surface area contributed by atoms with Crippen molar-refractivity contribution in [3.63, 3.8) is 0 Å². The number of aryl methyl sites for hydroxylation is 1. The Balaban J connectivity index is 1.88. The summed E-state index contributed by atoms with van der Waals surface area (Å²) in [5.74, 6) is -0.602. The van der Waals surface area contributed by atoms with Crippen molar-refractivity contribution in [3.05, 3.63) is 35.0 Å². The first kappa shape index (κ1) is 15.6. The maximum Gasteiger partial charge on any atom is 0.354 e. The molecule has 128 valence electrons. The Morgan fingerprint density at radius 1 is 1.48 bits per heavy atom. The fourth-order valence-electron chi connectivity index (χ4n) is 2.98. The van der Waals surface area contributed by atoms with Gasteiger partial charge >= 0.3 is 5.97 Å². The highest BCUT2D eigenvalue weighted by Gasteiger charge is 2.23. The lowest BCUT2D eigenvalue weighted by Crippen LogP contribution is -2.25. The van der Waals surface area contributed by atoms with Gasteiger partial charge in [-0.05, 0) is 24.6 Å². The van der Waals surface area contributed by atoms with Gasteiger partial charge in [-0.2, -0.15) is 0 Å². The SMILES string of the molecule is CCCc1nc2scc(-c3ccc4c(c3)NC(=O)CO4)n2c1C(=O)O. The van der Waals surface area contributed by atoms with Crippen molar-refractivity contribution in [3.8, 4) is 17.0 Å². The van der Waals surface area contributed by atoms with Crippen LogP contribution in [-0.4, -0.2) is 33.0 Å². The molecular weight excluding hydrogens is 342 g/mol. The van der Waals surface area contributed by atoms with E-state index in [1.807, 2.05) is 18.4 Å². The van der Waals surface area contributed by atoms with E-state index in [-0.39, 0.29) is 18.2 Å². The van der Waals surface area contributed by atoms with Crippen LogP contribution in [0.15, 0.2) is 23.6 Å². The molecule has 0 spiro atoms. The van der Waals surface area contributed by atoms with Crippen LogP contribution in [-0.2, 0) is 11.2 Å². The van der Waals surface area contributed by atoms with E-state index >= 15 is 0 Å². The number of anilines is 1. The van der Waals surface area contributed by atoms with E-state index in [0.29, 0.717) is 28.5 Å². The van der Waals surface area contributed by atoms with Crippen molar-refractivity contribution in [2.24, 2.45) is 0 Å². The van der Waals surface area contributed by atoms with Gasteiger partial charge in [-0.25, -0.2) is 9.78 Å². The zero-order valence-electron chi connectivity index (χ0n) is 13.4. The lowest BCUT2D eigenvalue weighted by atomic mass is 10.1. The van der Waals surface area contributed by atoms with Gasteiger partial charge in [0.2, 0.25) is 0 Å². The molecule has 0 radical (unpaired) electrons. The molecule has 0 unspecified atom stereocenters. The molecule has 1 aromatic carbocycles. The van der Waals surface area contributed by atoms with Crippen molar-refractivity contribution in [1.82, 2.24) is 9.38 Å². The van der Waals surface area contributed by atoms with Crippen molar-refractivity contribution >= 4 is 33.9 Å². The first-order chi connectivity index (χ1) is 12.1. The van der Waals surface area contributed by atoms with Crippen LogP contribution in [0, 0.1) is 0 Å². The summed E-state index contributed by atoms with van der Waals surface area (Å²) < 4.78 is 7.04. The minimum Gasteiger partial charge on any atom is -0.482 e. The number of hydrogen-bond donors (Lipinski definition) is 2. The second-order valence-corrected chi connectivity index (χ2v) is 6.59. The number of fused-ring (bicyclic) bond motifs is 2. The summed E-state index contributed by atoms with van der Waals surface area (Å²) in [6, 6.07) is 5.42. The lowest BCUT2D eigenvalue weighted by molar-refractivity contribution is -0.118. The van der Waals surface area contributed by atoms with E-state index < -0.39 is 5.97 Å². The van der Waals surface area contributed by atoms with Crippen molar-refractivity contribution < 1.29 is 19.4 Å². The lowest BCUT2D eigenvalue weighted by Gasteiger charge is -2.18. The van der Waals surface area contributed by atoms with E-state index in [1.165, 1.54) is 11.3 Å². The highest BCUT2D eigenvalue weighted by atomic mass is 32.1. The standard InChI is InChI=1S/C17H15N3O4S/c1-2-3-10-15(16(22)23)20-12(8-25-17(20)19-10)9-4-5-13-11(6-9)18-14(21)7-24-13/h4-6,8H,2-3,7H2,1H3,(H,18,21)(H,22,23). The van der Waals surface area contributed by atoms with E-state index in [1.54, 1.807) is 16.5 Å². The van der Waals surface area contributed by atoms with Gasteiger partial charge in [-0.1, -0.05) is 13.3 Å². The summed E-state index contributed by atoms with van der Waals surface area (Å²) in [6.07, 6.45) is 1.44. The summed E-state index contributed by atoms with van der Waals surface area (Å²) in [7, 11) is 0. The van der Waals surface area contributed by atoms with Crippen LogP contribution in [0.4, 0.5) is 5.69 Å². The highest BCUT2D eigenvalue weighted by Crippen LogP contribution is 2.35. The molecule has 1 aliphatic heterocycles. The molecule has 1 aliphatic rings. The first-order valence-electron chi connectivity index (χ1n) is 7.87. The Hall–Kier alpha value is -2.87. The van der Waals surface area contributed by atoms with Gasteiger partial charge in [-0.3, -0.25) is 9.20 Å². The molecule has 25 heavy (non-hydrogen) atoms. The Morgan fingerprint density at radius 3 is 3.08 bits per heavy atom. The van der Waals surface area contributed by atoms with Crippen LogP contribution < -0.4 is 10.1 Å². The molecular formula is C17H15N3O4S. The maximum absolute atomic E-state index is 11.8. The number of thiazole rings is 1. The molecule has 0 saturated heterocycles. The zero-order valence-corrected chi connectivity index (χ0v) is 14.2. The number of hydrogen-bond acceptors (Lipinski definition) is 5. The Morgan fingerprint density at radius 2 is 2.32 bits per heavy atom. The van der Waals surface area contributed by atoms with Gasteiger partial charge in [0, 0.05) is 10.9 Å². The second kappa shape index (κ2) is 5.89. The number of carbonyl (C=O) groups is 2. The monoisotopic (exact) mass is 357 g/mol. The number of carboxylic acids is 1. The minimum atomic E-state index is -0.995. The number of aromatic carboxylic acids is 1. The van der Waals surface area contributed by atoms with Crippen LogP contribution in [0.3, 0.4) is 0 Å². The highest BCUT2D eigenvalue weighted by molar-refractivity contribution is 7.15. The third-order valence-corrected chi connectivity index (χ3v) is 4.86. The number of amides is 1. The second-order valence-electron chi connectivity index (χ2n) is 5.75. The number of imidazole rings is 1. The molecule has 0 fully saturated rings. The molecule has 7 nitrogen and oxygen atoms in total. The summed E-state index contributed by atoms with van der Waals surface area (Å²) in [4.78, 5) is 28.4. The average Bonchev–Trinajstić information content (AvgIpc) is 3.12. The van der Waals surface area contributed by atoms with Crippen LogP contribution in [0.2, 0.25) is 0 Å². The molecule has 1 amide bonds. The van der Waals surface area contributed by atoms with E-state index in [0.717, 1.165) is 17.7 Å². The number of benzene rings is 1. The predicted octanol–water partition coefficient (Wildman–Crippen LogP) is 3.04. The Kier molecular flexibility index (Phi) is 3.69. The number of carbonyl (C=O) groups excluding carboxylic acids is 1. The molecule has 3 aromatic rings. The molecule has 0 bridgehead atoms. The first-order valence-corrected chi connectivity index (χ1v) is 8.75. The molecule has 0 saturated carbocycles. The van der Waals surface area contributed by atoms with Gasteiger partial charge in [0.1, 0.15) is 5.75 Å². The maximum atomic E-state index is 11.8. The third kappa shape index (κ3) is 2.54. The van der Waals surface area contributed by atoms with Crippen molar-refractivity contribution in [2.75, 3.05) is 11.9 Å².